The summed E-state index contributed by atoms with van der Waals surface area (Å²) < 4.78 is 5.43. The van der Waals surface area contributed by atoms with Crippen molar-refractivity contribution in [1.82, 2.24) is 0 Å². The number of hydrogen-bond donors (Lipinski definition) is 2. The zero-order chi connectivity index (χ0) is 20.1. The highest BCUT2D eigenvalue weighted by molar-refractivity contribution is 5.81. The lowest BCUT2D eigenvalue weighted by molar-refractivity contribution is -0.943. The molecule has 0 aliphatic rings. The molecule has 28 heavy (non-hydrogen) atoms. The molecule has 0 radical (unpaired) electrons. The summed E-state index contributed by atoms with van der Waals surface area (Å²) in [6, 6.07) is 17.0. The minimum atomic E-state index is -0.270. The molecule has 0 fully saturated rings. The lowest BCUT2D eigenvalue weighted by Gasteiger charge is -2.26. The first-order valence-corrected chi connectivity index (χ1v) is 10.3. The van der Waals surface area contributed by atoms with Gasteiger partial charge >= 0.3 is 5.63 Å². The van der Waals surface area contributed by atoms with Crippen molar-refractivity contribution in [3.05, 3.63) is 81.2 Å². The van der Waals surface area contributed by atoms with Crippen LogP contribution in [0.1, 0.15) is 42.1 Å². The van der Waals surface area contributed by atoms with Crippen LogP contribution in [0.25, 0.3) is 11.0 Å². The minimum Gasteiger partial charge on any atom is -0.423 e. The maximum absolute atomic E-state index is 12.0. The Bertz CT molecular complexity index is 975. The van der Waals surface area contributed by atoms with Gasteiger partial charge in [0.1, 0.15) is 18.7 Å². The molecular formula is C24H32N2O2+2. The second-order valence-electron chi connectivity index (χ2n) is 7.58. The van der Waals surface area contributed by atoms with Crippen molar-refractivity contribution in [3.63, 3.8) is 0 Å². The Morgan fingerprint density at radius 1 is 1.00 bits per heavy atom. The average Bonchev–Trinajstić information content (AvgIpc) is 2.69. The largest absolute Gasteiger partial charge is 0.423 e. The molecule has 2 aromatic carbocycles. The van der Waals surface area contributed by atoms with E-state index in [1.807, 2.05) is 13.0 Å². The van der Waals surface area contributed by atoms with Crippen molar-refractivity contribution >= 4 is 11.0 Å². The third-order valence-electron chi connectivity index (χ3n) is 5.81. The fourth-order valence-corrected chi connectivity index (χ4v) is 4.02. The lowest BCUT2D eigenvalue weighted by atomic mass is 10.0. The quantitative estimate of drug-likeness (QED) is 0.588. The molecule has 0 bridgehead atoms. The van der Waals surface area contributed by atoms with Gasteiger partial charge in [-0.25, -0.2) is 4.79 Å². The van der Waals surface area contributed by atoms with Crippen molar-refractivity contribution in [3.8, 4) is 0 Å². The van der Waals surface area contributed by atoms with E-state index in [0.29, 0.717) is 11.6 Å². The predicted octanol–water partition coefficient (Wildman–Crippen LogP) is 2.14. The van der Waals surface area contributed by atoms with Crippen molar-refractivity contribution < 1.29 is 14.6 Å². The number of rotatable bonds is 8. The number of aryl methyl sites for hydroxylation is 2. The molecule has 0 aliphatic heterocycles. The molecule has 148 valence electrons. The molecule has 1 aromatic heterocycles. The first-order chi connectivity index (χ1) is 13.5. The van der Waals surface area contributed by atoms with E-state index in [-0.39, 0.29) is 5.63 Å². The van der Waals surface area contributed by atoms with E-state index in [1.54, 1.807) is 11.0 Å². The van der Waals surface area contributed by atoms with Crippen molar-refractivity contribution in [2.75, 3.05) is 19.6 Å². The first-order valence-electron chi connectivity index (χ1n) is 10.3. The second kappa shape index (κ2) is 9.18. The van der Waals surface area contributed by atoms with Gasteiger partial charge in [0, 0.05) is 22.6 Å². The van der Waals surface area contributed by atoms with Crippen LogP contribution in [0.2, 0.25) is 0 Å². The zero-order valence-electron chi connectivity index (χ0n) is 17.4. The molecule has 4 nitrogen and oxygen atoms in total. The number of nitrogens with one attached hydrogen (secondary N) is 1. The molecule has 3 rings (SSSR count). The SMILES string of the molecule is CC[NH+](CC)[C@@H](C[NH2+]Cc1cc(=O)oc2cc(C)c(C)cc12)c1ccccc1. The molecule has 0 aliphatic carbocycles. The van der Waals surface area contributed by atoms with Gasteiger partial charge in [0.05, 0.1) is 13.1 Å². The third-order valence-corrected chi connectivity index (χ3v) is 5.81. The Balaban J connectivity index is 1.82. The Kier molecular flexibility index (Phi) is 6.65. The monoisotopic (exact) mass is 380 g/mol. The van der Waals surface area contributed by atoms with Gasteiger partial charge in [-0.05, 0) is 51.0 Å². The lowest BCUT2D eigenvalue weighted by Crippen LogP contribution is -3.14. The summed E-state index contributed by atoms with van der Waals surface area (Å²) in [5.41, 5.74) is 5.21. The van der Waals surface area contributed by atoms with Crippen LogP contribution in [-0.4, -0.2) is 19.6 Å². The molecular weight excluding hydrogens is 348 g/mol. The summed E-state index contributed by atoms with van der Waals surface area (Å²) >= 11 is 0. The van der Waals surface area contributed by atoms with Crippen LogP contribution in [0.3, 0.4) is 0 Å². The van der Waals surface area contributed by atoms with Crippen molar-refractivity contribution in [1.29, 1.82) is 0 Å². The van der Waals surface area contributed by atoms with Crippen LogP contribution in [0.4, 0.5) is 0 Å². The molecule has 1 heterocycles. The zero-order valence-corrected chi connectivity index (χ0v) is 17.4. The number of likely N-dealkylation sites (N-methyl/N-ethyl adjacent to an activating group) is 1. The van der Waals surface area contributed by atoms with Gasteiger partial charge in [0.2, 0.25) is 0 Å². The van der Waals surface area contributed by atoms with Gasteiger partial charge in [-0.1, -0.05) is 30.3 Å². The molecule has 3 N–H and O–H groups in total. The van der Waals surface area contributed by atoms with E-state index in [9.17, 15) is 4.79 Å². The topological polar surface area (TPSA) is 51.3 Å². The molecule has 0 amide bonds. The summed E-state index contributed by atoms with van der Waals surface area (Å²) in [6.07, 6.45) is 0. The molecule has 1 atom stereocenters. The summed E-state index contributed by atoms with van der Waals surface area (Å²) in [7, 11) is 0. The minimum absolute atomic E-state index is 0.270. The number of benzene rings is 2. The Hall–Kier alpha value is -2.43. The van der Waals surface area contributed by atoms with Crippen LogP contribution in [0.5, 0.6) is 0 Å². The number of nitrogens with two attached hydrogens (primary N) is 1. The summed E-state index contributed by atoms with van der Waals surface area (Å²) in [5.74, 6) is 0. The summed E-state index contributed by atoms with van der Waals surface area (Å²) in [4.78, 5) is 13.6. The van der Waals surface area contributed by atoms with Gasteiger partial charge in [-0.15, -0.1) is 0 Å². The highest BCUT2D eigenvalue weighted by Gasteiger charge is 2.23. The van der Waals surface area contributed by atoms with Gasteiger partial charge in [0.15, 0.2) is 6.04 Å². The average molecular weight is 381 g/mol. The van der Waals surface area contributed by atoms with E-state index >= 15 is 0 Å². The highest BCUT2D eigenvalue weighted by Crippen LogP contribution is 2.21. The Labute approximate surface area is 167 Å². The van der Waals surface area contributed by atoms with Crippen LogP contribution in [0.15, 0.2) is 57.7 Å². The van der Waals surface area contributed by atoms with Gasteiger partial charge in [-0.3, -0.25) is 0 Å². The normalized spacial score (nSPS) is 12.6. The Morgan fingerprint density at radius 3 is 2.36 bits per heavy atom. The summed E-state index contributed by atoms with van der Waals surface area (Å²) in [5, 5.41) is 3.37. The molecule has 0 unspecified atom stereocenters. The molecule has 4 heteroatoms. The number of quaternary nitrogens is 2. The molecule has 0 saturated carbocycles. The standard InChI is InChI=1S/C24H30N2O2/c1-5-26(6-2)22(19-10-8-7-9-11-19)16-25-15-20-14-24(27)28-23-13-18(4)17(3)12-21(20)23/h7-14,22,25H,5-6,15-16H2,1-4H3/p+2/t22-/m0/s1. The van der Waals surface area contributed by atoms with E-state index < -0.39 is 0 Å². The summed E-state index contributed by atoms with van der Waals surface area (Å²) in [6.45, 7) is 12.6. The van der Waals surface area contributed by atoms with Crippen LogP contribution < -0.4 is 15.8 Å². The second-order valence-corrected chi connectivity index (χ2v) is 7.58. The molecule has 0 saturated heterocycles. The third kappa shape index (κ3) is 4.51. The Morgan fingerprint density at radius 2 is 1.68 bits per heavy atom. The van der Waals surface area contributed by atoms with Crippen LogP contribution in [0, 0.1) is 13.8 Å². The van der Waals surface area contributed by atoms with Crippen molar-refractivity contribution in [2.45, 2.75) is 40.3 Å². The van der Waals surface area contributed by atoms with E-state index in [4.69, 9.17) is 4.42 Å². The maximum atomic E-state index is 12.0. The van der Waals surface area contributed by atoms with Gasteiger partial charge in [-0.2, -0.15) is 0 Å². The highest BCUT2D eigenvalue weighted by atomic mass is 16.4. The number of fused-ring (bicyclic) bond motifs is 1. The molecule has 3 aromatic rings. The first kappa shape index (κ1) is 20.3. The maximum Gasteiger partial charge on any atom is 0.336 e. The van der Waals surface area contributed by atoms with E-state index in [1.165, 1.54) is 11.1 Å². The number of hydrogen-bond acceptors (Lipinski definition) is 2. The fraction of sp³-hybridized carbons (Fsp3) is 0.375. The van der Waals surface area contributed by atoms with Crippen molar-refractivity contribution in [2.24, 2.45) is 0 Å². The van der Waals surface area contributed by atoms with Crippen LogP contribution >= 0.6 is 0 Å². The smallest absolute Gasteiger partial charge is 0.336 e. The molecule has 0 spiro atoms. The van der Waals surface area contributed by atoms with Crippen LogP contribution in [-0.2, 0) is 6.54 Å². The van der Waals surface area contributed by atoms with E-state index in [0.717, 1.165) is 42.7 Å². The fourth-order valence-electron chi connectivity index (χ4n) is 4.02. The van der Waals surface area contributed by atoms with Gasteiger partial charge < -0.3 is 14.6 Å². The van der Waals surface area contributed by atoms with Gasteiger partial charge in [0.25, 0.3) is 0 Å². The van der Waals surface area contributed by atoms with E-state index in [2.05, 4.69) is 62.5 Å². The predicted molar refractivity (Wildman–Crippen MR) is 114 cm³/mol.